The van der Waals surface area contributed by atoms with Gasteiger partial charge in [0.2, 0.25) is 0 Å². The maximum Gasteiger partial charge on any atom is 0.0831 e. The molecule has 0 spiro atoms. The van der Waals surface area contributed by atoms with E-state index in [1.807, 2.05) is 13.0 Å². The third kappa shape index (κ3) is 9.13. The Morgan fingerprint density at radius 3 is 2.24 bits per heavy atom. The maximum atomic E-state index is 10.1. The average Bonchev–Trinajstić information content (AvgIpc) is 2.16. The Balaban J connectivity index is 4.07. The van der Waals surface area contributed by atoms with Crippen LogP contribution in [0.1, 0.15) is 53.4 Å². The van der Waals surface area contributed by atoms with Crippen LogP contribution in [0, 0.1) is 5.92 Å². The number of aliphatic hydroxyl groups is 2. The molecule has 0 saturated carbocycles. The molecule has 2 heteroatoms. The summed E-state index contributed by atoms with van der Waals surface area (Å²) < 4.78 is 0. The van der Waals surface area contributed by atoms with Crippen molar-refractivity contribution in [1.29, 1.82) is 0 Å². The fourth-order valence-corrected chi connectivity index (χ4v) is 1.59. The zero-order valence-corrected chi connectivity index (χ0v) is 11.7. The van der Waals surface area contributed by atoms with Gasteiger partial charge in [-0.2, -0.15) is 0 Å². The van der Waals surface area contributed by atoms with E-state index in [1.54, 1.807) is 13.0 Å². The van der Waals surface area contributed by atoms with Gasteiger partial charge in [0.25, 0.3) is 0 Å². The van der Waals surface area contributed by atoms with Crippen LogP contribution < -0.4 is 0 Å². The highest BCUT2D eigenvalue weighted by Gasteiger charge is 2.17. The Morgan fingerprint density at radius 1 is 1.18 bits per heavy atom. The van der Waals surface area contributed by atoms with Crippen LogP contribution in [0.15, 0.2) is 24.8 Å². The molecule has 17 heavy (non-hydrogen) atoms. The lowest BCUT2D eigenvalue weighted by Gasteiger charge is -2.21. The van der Waals surface area contributed by atoms with E-state index >= 15 is 0 Å². The van der Waals surface area contributed by atoms with E-state index in [0.717, 1.165) is 19.3 Å². The van der Waals surface area contributed by atoms with E-state index in [4.69, 9.17) is 0 Å². The molecule has 0 rings (SSSR count). The Kier molecular flexibility index (Phi) is 6.73. The molecule has 0 bridgehead atoms. The Labute approximate surface area is 106 Å². The Bertz CT molecular complexity index is 250. The Hall–Kier alpha value is -0.600. The standard InChI is InChI=1S/C15H28O2/c1-6-14(4,16)11-8-12-15(5,17)10-7-9-13(2)3/h6,8,12-13,16-17H,1,7,9-11H2,2-5H3. The molecule has 2 N–H and O–H groups in total. The number of hydrogen-bond acceptors (Lipinski definition) is 2. The van der Waals surface area contributed by atoms with Gasteiger partial charge in [-0.1, -0.05) is 44.9 Å². The quantitative estimate of drug-likeness (QED) is 0.638. The minimum Gasteiger partial charge on any atom is -0.386 e. The molecule has 0 aromatic rings. The minimum absolute atomic E-state index is 0.483. The monoisotopic (exact) mass is 240 g/mol. The lowest BCUT2D eigenvalue weighted by molar-refractivity contribution is 0.0944. The lowest BCUT2D eigenvalue weighted by atomic mass is 9.94. The molecule has 0 aliphatic carbocycles. The van der Waals surface area contributed by atoms with Gasteiger partial charge in [-0.15, -0.1) is 6.58 Å². The number of hydrogen-bond donors (Lipinski definition) is 2. The van der Waals surface area contributed by atoms with Crippen LogP contribution >= 0.6 is 0 Å². The highest BCUT2D eigenvalue weighted by atomic mass is 16.3. The topological polar surface area (TPSA) is 40.5 Å². The second kappa shape index (κ2) is 6.97. The summed E-state index contributed by atoms with van der Waals surface area (Å²) in [6, 6.07) is 0. The second-order valence-electron chi connectivity index (χ2n) is 5.81. The highest BCUT2D eigenvalue weighted by molar-refractivity contribution is 5.04. The third-order valence-electron chi connectivity index (χ3n) is 2.91. The van der Waals surface area contributed by atoms with Gasteiger partial charge in [0.1, 0.15) is 0 Å². The molecule has 0 aromatic carbocycles. The first kappa shape index (κ1) is 16.4. The van der Waals surface area contributed by atoms with Crippen LogP contribution in [0.5, 0.6) is 0 Å². The summed E-state index contributed by atoms with van der Waals surface area (Å²) in [6.07, 6.45) is 8.53. The van der Waals surface area contributed by atoms with Crippen molar-refractivity contribution in [1.82, 2.24) is 0 Å². The molecule has 0 fully saturated rings. The van der Waals surface area contributed by atoms with Crippen LogP contribution in [0.25, 0.3) is 0 Å². The van der Waals surface area contributed by atoms with Crippen molar-refractivity contribution in [3.05, 3.63) is 24.8 Å². The molecular weight excluding hydrogens is 212 g/mol. The first-order chi connectivity index (χ1) is 7.68. The predicted octanol–water partition coefficient (Wildman–Crippen LogP) is 3.45. The summed E-state index contributed by atoms with van der Waals surface area (Å²) in [5.74, 6) is 0.677. The van der Waals surface area contributed by atoms with Crippen LogP contribution in [0.4, 0.5) is 0 Å². The molecule has 0 heterocycles. The molecule has 2 nitrogen and oxygen atoms in total. The van der Waals surface area contributed by atoms with Crippen molar-refractivity contribution in [2.45, 2.75) is 64.6 Å². The lowest BCUT2D eigenvalue weighted by Crippen LogP contribution is -2.22. The first-order valence-electron chi connectivity index (χ1n) is 6.44. The molecule has 2 atom stereocenters. The summed E-state index contributed by atoms with van der Waals surface area (Å²) in [7, 11) is 0. The highest BCUT2D eigenvalue weighted by Crippen LogP contribution is 2.19. The van der Waals surface area contributed by atoms with Gasteiger partial charge < -0.3 is 10.2 Å². The first-order valence-corrected chi connectivity index (χ1v) is 6.44. The van der Waals surface area contributed by atoms with Crippen LogP contribution in [0.3, 0.4) is 0 Å². The molecule has 0 radical (unpaired) electrons. The van der Waals surface area contributed by atoms with Crippen LogP contribution in [0.2, 0.25) is 0 Å². The van der Waals surface area contributed by atoms with E-state index in [-0.39, 0.29) is 0 Å². The molecule has 2 unspecified atom stereocenters. The molecule has 0 aliphatic rings. The normalized spacial score (nSPS) is 19.2. The van der Waals surface area contributed by atoms with Gasteiger partial charge in [-0.3, -0.25) is 0 Å². The van der Waals surface area contributed by atoms with Crippen molar-refractivity contribution < 1.29 is 10.2 Å². The maximum absolute atomic E-state index is 10.1. The van der Waals surface area contributed by atoms with E-state index < -0.39 is 11.2 Å². The molecular formula is C15H28O2. The van der Waals surface area contributed by atoms with Gasteiger partial charge in [-0.25, -0.2) is 0 Å². The van der Waals surface area contributed by atoms with E-state index in [9.17, 15) is 10.2 Å². The average molecular weight is 240 g/mol. The van der Waals surface area contributed by atoms with Gasteiger partial charge >= 0.3 is 0 Å². The summed E-state index contributed by atoms with van der Waals surface area (Å²) in [5, 5.41) is 19.8. The van der Waals surface area contributed by atoms with E-state index in [2.05, 4.69) is 20.4 Å². The summed E-state index contributed by atoms with van der Waals surface area (Å²) >= 11 is 0. The molecule has 0 aromatic heterocycles. The zero-order chi connectivity index (χ0) is 13.5. The SMILES string of the molecule is C=CC(C)(O)CC=CC(C)(O)CCCC(C)C. The van der Waals surface area contributed by atoms with E-state index in [0.29, 0.717) is 12.3 Å². The summed E-state index contributed by atoms with van der Waals surface area (Å²) in [5.41, 5.74) is -1.66. The predicted molar refractivity (Wildman–Crippen MR) is 73.9 cm³/mol. The number of rotatable bonds is 8. The Morgan fingerprint density at radius 2 is 1.76 bits per heavy atom. The van der Waals surface area contributed by atoms with Gasteiger partial charge in [0, 0.05) is 0 Å². The van der Waals surface area contributed by atoms with Gasteiger partial charge in [-0.05, 0) is 32.6 Å². The summed E-state index contributed by atoms with van der Waals surface area (Å²) in [4.78, 5) is 0. The fourth-order valence-electron chi connectivity index (χ4n) is 1.59. The van der Waals surface area contributed by atoms with Crippen molar-refractivity contribution in [3.8, 4) is 0 Å². The summed E-state index contributed by atoms with van der Waals surface area (Å²) in [6.45, 7) is 11.5. The molecule has 100 valence electrons. The van der Waals surface area contributed by atoms with E-state index in [1.165, 1.54) is 6.08 Å². The smallest absolute Gasteiger partial charge is 0.0831 e. The van der Waals surface area contributed by atoms with Crippen molar-refractivity contribution in [3.63, 3.8) is 0 Å². The van der Waals surface area contributed by atoms with Crippen LogP contribution in [-0.4, -0.2) is 21.4 Å². The van der Waals surface area contributed by atoms with Crippen molar-refractivity contribution in [2.75, 3.05) is 0 Å². The third-order valence-corrected chi connectivity index (χ3v) is 2.91. The van der Waals surface area contributed by atoms with Crippen molar-refractivity contribution in [2.24, 2.45) is 5.92 Å². The van der Waals surface area contributed by atoms with Crippen LogP contribution in [-0.2, 0) is 0 Å². The minimum atomic E-state index is -0.884. The largest absolute Gasteiger partial charge is 0.386 e. The second-order valence-corrected chi connectivity index (χ2v) is 5.81. The van der Waals surface area contributed by atoms with Gasteiger partial charge in [0.15, 0.2) is 0 Å². The van der Waals surface area contributed by atoms with Gasteiger partial charge in [0.05, 0.1) is 11.2 Å². The molecule has 0 saturated heterocycles. The molecule has 0 amide bonds. The zero-order valence-electron chi connectivity index (χ0n) is 11.7. The molecule has 0 aliphatic heterocycles. The fraction of sp³-hybridized carbons (Fsp3) is 0.733. The van der Waals surface area contributed by atoms with Crippen molar-refractivity contribution >= 4 is 0 Å².